The molecule has 110 valence electrons. The lowest BCUT2D eigenvalue weighted by molar-refractivity contribution is -0.386. The quantitative estimate of drug-likeness (QED) is 0.504. The molecule has 5 nitrogen and oxygen atoms in total. The molecule has 0 unspecified atom stereocenters. The second-order valence-corrected chi connectivity index (χ2v) is 8.36. The summed E-state index contributed by atoms with van der Waals surface area (Å²) in [6, 6.07) is 5.16. The first-order valence-corrected chi connectivity index (χ1v) is 7.82. The minimum Gasteiger partial charge on any atom is -0.377 e. The van der Waals surface area contributed by atoms with Gasteiger partial charge in [-0.25, -0.2) is 4.72 Å². The van der Waals surface area contributed by atoms with Crippen LogP contribution in [0.2, 0.25) is 0 Å². The minimum atomic E-state index is -0.485. The predicted octanol–water partition coefficient (Wildman–Crippen LogP) is 3.62. The van der Waals surface area contributed by atoms with Crippen molar-refractivity contribution in [1.29, 1.82) is 0 Å². The highest BCUT2D eigenvalue weighted by molar-refractivity contribution is 9.10. The van der Waals surface area contributed by atoms with Crippen molar-refractivity contribution in [2.24, 2.45) is 0 Å². The molecule has 1 N–H and O–H groups in total. The first kappa shape index (κ1) is 15.8. The van der Waals surface area contributed by atoms with E-state index in [2.05, 4.69) is 41.4 Å². The molecule has 1 aliphatic rings. The molecule has 0 aromatic heterocycles. The Hall–Kier alpha value is -0.630. The number of hydrogen-bond donors (Lipinski definition) is 1. The van der Waals surface area contributed by atoms with Gasteiger partial charge in [0.15, 0.2) is 0 Å². The fourth-order valence-corrected chi connectivity index (χ4v) is 2.97. The van der Waals surface area contributed by atoms with Gasteiger partial charge in [0.2, 0.25) is 0 Å². The molecular formula is C13H17BrN2O3S. The molecule has 1 aromatic carbocycles. The van der Waals surface area contributed by atoms with Crippen molar-refractivity contribution in [3.05, 3.63) is 38.3 Å². The topological polar surface area (TPSA) is 64.4 Å². The third-order valence-corrected chi connectivity index (χ3v) is 4.52. The first-order chi connectivity index (χ1) is 9.23. The van der Waals surface area contributed by atoms with Crippen LogP contribution in [0.3, 0.4) is 0 Å². The van der Waals surface area contributed by atoms with E-state index in [0.717, 1.165) is 0 Å². The van der Waals surface area contributed by atoms with E-state index < -0.39 is 5.54 Å². The van der Waals surface area contributed by atoms with E-state index in [0.29, 0.717) is 23.2 Å². The highest BCUT2D eigenvalue weighted by Gasteiger charge is 2.45. The third kappa shape index (κ3) is 3.33. The van der Waals surface area contributed by atoms with Crippen LogP contribution in [0.5, 0.6) is 0 Å². The molecule has 1 aromatic rings. The maximum absolute atomic E-state index is 11.3. The van der Waals surface area contributed by atoms with Crippen molar-refractivity contribution < 1.29 is 9.66 Å². The van der Waals surface area contributed by atoms with Gasteiger partial charge in [-0.1, -0.05) is 27.9 Å². The summed E-state index contributed by atoms with van der Waals surface area (Å²) in [4.78, 5) is 10.9. The average molecular weight is 361 g/mol. The number of benzene rings is 1. The Morgan fingerprint density at radius 1 is 1.45 bits per heavy atom. The smallest absolute Gasteiger partial charge is 0.275 e. The summed E-state index contributed by atoms with van der Waals surface area (Å²) in [5, 5.41) is 11.3. The molecule has 1 heterocycles. The van der Waals surface area contributed by atoms with Gasteiger partial charge in [0, 0.05) is 15.3 Å². The third-order valence-electron chi connectivity index (χ3n) is 2.92. The van der Waals surface area contributed by atoms with Crippen molar-refractivity contribution in [2.75, 3.05) is 13.2 Å². The summed E-state index contributed by atoms with van der Waals surface area (Å²) in [6.45, 7) is 7.16. The van der Waals surface area contributed by atoms with Crippen molar-refractivity contribution >= 4 is 33.6 Å². The van der Waals surface area contributed by atoms with Crippen LogP contribution in [-0.4, -0.2) is 22.9 Å². The van der Waals surface area contributed by atoms with E-state index in [1.807, 2.05) is 6.07 Å². The van der Waals surface area contributed by atoms with Crippen LogP contribution in [0.4, 0.5) is 5.69 Å². The molecular weight excluding hydrogens is 344 g/mol. The monoisotopic (exact) mass is 360 g/mol. The van der Waals surface area contributed by atoms with Gasteiger partial charge >= 0.3 is 0 Å². The van der Waals surface area contributed by atoms with E-state index in [1.165, 1.54) is 0 Å². The van der Waals surface area contributed by atoms with Crippen molar-refractivity contribution in [1.82, 2.24) is 4.72 Å². The van der Waals surface area contributed by atoms with Crippen molar-refractivity contribution in [2.45, 2.75) is 31.1 Å². The Bertz CT molecular complexity index is 527. The Morgan fingerprint density at radius 2 is 2.10 bits per heavy atom. The zero-order valence-corrected chi connectivity index (χ0v) is 14.0. The van der Waals surface area contributed by atoms with Crippen LogP contribution in [-0.2, 0) is 10.3 Å². The lowest BCUT2D eigenvalue weighted by Gasteiger charge is -2.43. The predicted molar refractivity (Wildman–Crippen MR) is 83.8 cm³/mol. The van der Waals surface area contributed by atoms with E-state index in [1.54, 1.807) is 24.1 Å². The van der Waals surface area contributed by atoms with Crippen LogP contribution in [0.15, 0.2) is 22.7 Å². The highest BCUT2D eigenvalue weighted by atomic mass is 79.9. The zero-order chi connectivity index (χ0) is 15.0. The second-order valence-electron chi connectivity index (χ2n) is 5.81. The molecule has 0 radical (unpaired) electrons. The van der Waals surface area contributed by atoms with E-state index in [-0.39, 0.29) is 15.4 Å². The molecule has 0 atom stereocenters. The molecule has 2 rings (SSSR count). The molecule has 20 heavy (non-hydrogen) atoms. The zero-order valence-electron chi connectivity index (χ0n) is 11.6. The van der Waals surface area contributed by atoms with Crippen LogP contribution in [0.25, 0.3) is 0 Å². The fourth-order valence-electron chi connectivity index (χ4n) is 1.89. The maximum Gasteiger partial charge on any atom is 0.275 e. The second kappa shape index (κ2) is 5.63. The van der Waals surface area contributed by atoms with Crippen LogP contribution in [0.1, 0.15) is 26.3 Å². The van der Waals surface area contributed by atoms with Gasteiger partial charge in [0.25, 0.3) is 5.69 Å². The van der Waals surface area contributed by atoms with Crippen LogP contribution < -0.4 is 4.72 Å². The summed E-state index contributed by atoms with van der Waals surface area (Å²) in [7, 11) is 0. The normalized spacial score (nSPS) is 17.6. The molecule has 0 spiro atoms. The largest absolute Gasteiger partial charge is 0.377 e. The van der Waals surface area contributed by atoms with Crippen LogP contribution >= 0.6 is 27.9 Å². The first-order valence-electron chi connectivity index (χ1n) is 6.21. The maximum atomic E-state index is 11.3. The number of nitrogens with zero attached hydrogens (tertiary/aromatic N) is 1. The van der Waals surface area contributed by atoms with Gasteiger partial charge < -0.3 is 4.74 Å². The Labute approximate surface area is 130 Å². The number of ether oxygens (including phenoxy) is 1. The summed E-state index contributed by atoms with van der Waals surface area (Å²) in [5.41, 5.74) is 0.305. The lowest BCUT2D eigenvalue weighted by atomic mass is 9.88. The number of nitro benzene ring substituents is 1. The van der Waals surface area contributed by atoms with E-state index in [9.17, 15) is 10.1 Å². The van der Waals surface area contributed by atoms with Crippen molar-refractivity contribution in [3.8, 4) is 0 Å². The summed E-state index contributed by atoms with van der Waals surface area (Å²) >= 11 is 4.85. The lowest BCUT2D eigenvalue weighted by Crippen LogP contribution is -2.56. The number of rotatable bonds is 4. The standard InChI is InChI=1S/C13H17BrN2O3S/c1-12(2,3)20-15-13(7-19-8-13)10-5-4-9(14)6-11(10)16(17)18/h4-6,15H,7-8H2,1-3H3. The molecule has 1 saturated heterocycles. The molecule has 0 saturated carbocycles. The van der Waals surface area contributed by atoms with Gasteiger partial charge in [-0.15, -0.1) is 0 Å². The van der Waals surface area contributed by atoms with Gasteiger partial charge in [0.1, 0.15) is 5.54 Å². The SMILES string of the molecule is CC(C)(C)SNC1(c2ccc(Br)cc2[N+](=O)[O-])COC1. The Morgan fingerprint density at radius 3 is 2.55 bits per heavy atom. The molecule has 1 fully saturated rings. The number of hydrogen-bond acceptors (Lipinski definition) is 5. The number of nitrogens with one attached hydrogen (secondary N) is 1. The summed E-state index contributed by atoms with van der Waals surface area (Å²) < 4.78 is 9.41. The molecule has 0 aliphatic carbocycles. The van der Waals surface area contributed by atoms with Crippen molar-refractivity contribution in [3.63, 3.8) is 0 Å². The van der Waals surface area contributed by atoms with Gasteiger partial charge in [-0.05, 0) is 32.9 Å². The highest BCUT2D eigenvalue weighted by Crippen LogP contribution is 2.39. The minimum absolute atomic E-state index is 0.0206. The summed E-state index contributed by atoms with van der Waals surface area (Å²) in [5.74, 6) is 0. The van der Waals surface area contributed by atoms with E-state index >= 15 is 0 Å². The molecule has 1 aliphatic heterocycles. The summed E-state index contributed by atoms with van der Waals surface area (Å²) in [6.07, 6.45) is 0. The Balaban J connectivity index is 2.34. The van der Waals surface area contributed by atoms with E-state index in [4.69, 9.17) is 4.74 Å². The Kier molecular flexibility index (Phi) is 4.44. The van der Waals surface area contributed by atoms with Crippen LogP contribution in [0, 0.1) is 10.1 Å². The molecule has 0 amide bonds. The fraction of sp³-hybridized carbons (Fsp3) is 0.538. The molecule has 0 bridgehead atoms. The number of nitro groups is 1. The van der Waals surface area contributed by atoms with Gasteiger partial charge in [-0.3, -0.25) is 10.1 Å². The molecule has 7 heteroatoms. The number of halogens is 1. The van der Waals surface area contributed by atoms with Gasteiger partial charge in [-0.2, -0.15) is 0 Å². The average Bonchev–Trinajstić information content (AvgIpc) is 2.27. The van der Waals surface area contributed by atoms with Gasteiger partial charge in [0.05, 0.1) is 23.7 Å².